The lowest BCUT2D eigenvalue weighted by Crippen LogP contribution is -2.53. The molecular weight excluding hydrogens is 678 g/mol. The molecule has 0 radical (unpaired) electrons. The largest absolute Gasteiger partial charge is 0.492 e. The quantitative estimate of drug-likeness (QED) is 0.147. The Bertz CT molecular complexity index is 1730. The Morgan fingerprint density at radius 1 is 0.851 bits per heavy atom. The van der Waals surface area contributed by atoms with Crippen LogP contribution in [0.1, 0.15) is 37.5 Å². The number of sulfonamides is 1. The summed E-state index contributed by atoms with van der Waals surface area (Å²) in [5.74, 6) is -0.322. The molecule has 0 aliphatic heterocycles. The zero-order valence-corrected chi connectivity index (χ0v) is 29.6. The standard InChI is InChI=1S/C37H42BrN3O5S/c1-5-46-35-14-10-9-13-33(35)41(47(44,45)32-21-15-28(4)16-22-32)26-36(42)40(25-30-17-19-31(38)20-18-30)34(37(43)39-24-27(2)3)23-29-11-7-6-8-12-29/h6-22,27,34H,5,23-26H2,1-4H3,(H,39,43)/t34-/m0/s1. The van der Waals surface area contributed by atoms with Crippen LogP contribution in [-0.4, -0.2) is 50.9 Å². The molecule has 4 aromatic rings. The van der Waals surface area contributed by atoms with E-state index < -0.39 is 28.5 Å². The van der Waals surface area contributed by atoms with E-state index in [1.54, 1.807) is 36.4 Å². The van der Waals surface area contributed by atoms with Gasteiger partial charge >= 0.3 is 0 Å². The summed E-state index contributed by atoms with van der Waals surface area (Å²) in [4.78, 5) is 30.1. The highest BCUT2D eigenvalue weighted by atomic mass is 79.9. The maximum atomic E-state index is 14.7. The van der Waals surface area contributed by atoms with Crippen LogP contribution >= 0.6 is 15.9 Å². The molecule has 1 atom stereocenters. The number of carbonyl (C=O) groups is 2. The van der Waals surface area contributed by atoms with Crippen LogP contribution in [0.5, 0.6) is 5.75 Å². The highest BCUT2D eigenvalue weighted by molar-refractivity contribution is 9.10. The van der Waals surface area contributed by atoms with Gasteiger partial charge < -0.3 is 15.0 Å². The average Bonchev–Trinajstić information content (AvgIpc) is 3.06. The maximum Gasteiger partial charge on any atom is 0.264 e. The number of halogens is 1. The minimum Gasteiger partial charge on any atom is -0.492 e. The lowest BCUT2D eigenvalue weighted by atomic mass is 10.0. The van der Waals surface area contributed by atoms with Crippen molar-refractivity contribution in [1.29, 1.82) is 0 Å². The Hall–Kier alpha value is -4.15. The van der Waals surface area contributed by atoms with Crippen molar-refractivity contribution in [3.05, 3.63) is 124 Å². The van der Waals surface area contributed by atoms with Crippen LogP contribution in [0.2, 0.25) is 0 Å². The third-order valence-corrected chi connectivity index (χ3v) is 9.85. The number of aryl methyl sites for hydroxylation is 1. The first kappa shape index (κ1) is 35.7. The highest BCUT2D eigenvalue weighted by Crippen LogP contribution is 2.33. The van der Waals surface area contributed by atoms with E-state index in [4.69, 9.17) is 4.74 Å². The Kier molecular flexibility index (Phi) is 12.6. The monoisotopic (exact) mass is 719 g/mol. The van der Waals surface area contributed by atoms with Crippen LogP contribution in [0.25, 0.3) is 0 Å². The molecule has 0 fully saturated rings. The third kappa shape index (κ3) is 9.68. The number of amides is 2. The number of hydrogen-bond acceptors (Lipinski definition) is 5. The fourth-order valence-electron chi connectivity index (χ4n) is 5.05. The minimum absolute atomic E-state index is 0.0390. The normalized spacial score (nSPS) is 12.0. The number of nitrogens with one attached hydrogen (secondary N) is 1. The van der Waals surface area contributed by atoms with Crippen LogP contribution in [0, 0.1) is 12.8 Å². The van der Waals surface area contributed by atoms with Crippen LogP contribution < -0.4 is 14.4 Å². The predicted molar refractivity (Wildman–Crippen MR) is 190 cm³/mol. The van der Waals surface area contributed by atoms with Crippen molar-refractivity contribution in [1.82, 2.24) is 10.2 Å². The van der Waals surface area contributed by atoms with Crippen molar-refractivity contribution in [3.8, 4) is 5.75 Å². The van der Waals surface area contributed by atoms with E-state index in [9.17, 15) is 18.0 Å². The molecule has 2 amide bonds. The van der Waals surface area contributed by atoms with Crippen LogP contribution in [-0.2, 0) is 32.6 Å². The van der Waals surface area contributed by atoms with Gasteiger partial charge in [-0.1, -0.05) is 102 Å². The van der Waals surface area contributed by atoms with E-state index in [0.717, 1.165) is 25.5 Å². The minimum atomic E-state index is -4.25. The number of benzene rings is 4. The molecule has 0 saturated carbocycles. The van der Waals surface area contributed by atoms with Crippen molar-refractivity contribution in [2.75, 3.05) is 24.0 Å². The molecule has 0 aliphatic carbocycles. The van der Waals surface area contributed by atoms with Crippen molar-refractivity contribution in [2.45, 2.75) is 51.6 Å². The molecule has 0 aromatic heterocycles. The van der Waals surface area contributed by atoms with Crippen LogP contribution in [0.15, 0.2) is 112 Å². The molecule has 0 spiro atoms. The van der Waals surface area contributed by atoms with Crippen LogP contribution in [0.4, 0.5) is 5.69 Å². The van der Waals surface area contributed by atoms with E-state index in [2.05, 4.69) is 21.2 Å². The Labute approximate surface area is 286 Å². The molecular formula is C37H42BrN3O5S. The number of ether oxygens (including phenoxy) is 1. The molecule has 248 valence electrons. The summed E-state index contributed by atoms with van der Waals surface area (Å²) in [5.41, 5.74) is 2.80. The Balaban J connectivity index is 1.83. The third-order valence-electron chi connectivity index (χ3n) is 7.54. The first-order valence-electron chi connectivity index (χ1n) is 15.7. The first-order valence-corrected chi connectivity index (χ1v) is 17.9. The second-order valence-electron chi connectivity index (χ2n) is 11.7. The van der Waals surface area contributed by atoms with Gasteiger partial charge in [-0.05, 0) is 67.3 Å². The van der Waals surface area contributed by atoms with E-state index in [-0.39, 0.29) is 35.4 Å². The number of carbonyl (C=O) groups excluding carboxylic acids is 2. The summed E-state index contributed by atoms with van der Waals surface area (Å²) in [6, 6.07) is 29.3. The predicted octanol–water partition coefficient (Wildman–Crippen LogP) is 6.76. The van der Waals surface area contributed by atoms with Crippen molar-refractivity contribution in [3.63, 3.8) is 0 Å². The second kappa shape index (κ2) is 16.6. The Morgan fingerprint density at radius 3 is 2.13 bits per heavy atom. The zero-order valence-electron chi connectivity index (χ0n) is 27.2. The molecule has 10 heteroatoms. The smallest absolute Gasteiger partial charge is 0.264 e. The second-order valence-corrected chi connectivity index (χ2v) is 14.5. The molecule has 8 nitrogen and oxygen atoms in total. The highest BCUT2D eigenvalue weighted by Gasteiger charge is 2.35. The lowest BCUT2D eigenvalue weighted by Gasteiger charge is -2.34. The average molecular weight is 721 g/mol. The molecule has 0 unspecified atom stereocenters. The summed E-state index contributed by atoms with van der Waals surface area (Å²) in [6.45, 7) is 7.95. The number of para-hydroxylation sites is 2. The summed E-state index contributed by atoms with van der Waals surface area (Å²) >= 11 is 3.47. The van der Waals surface area contributed by atoms with Gasteiger partial charge in [0.1, 0.15) is 18.3 Å². The van der Waals surface area contributed by atoms with Gasteiger partial charge in [0.15, 0.2) is 0 Å². The lowest BCUT2D eigenvalue weighted by molar-refractivity contribution is -0.140. The van der Waals surface area contributed by atoms with Crippen LogP contribution in [0.3, 0.4) is 0 Å². The number of rotatable bonds is 15. The van der Waals surface area contributed by atoms with Gasteiger partial charge in [-0.25, -0.2) is 8.42 Å². The number of anilines is 1. The Morgan fingerprint density at radius 2 is 1.49 bits per heavy atom. The van der Waals surface area contributed by atoms with Gasteiger partial charge in [0.25, 0.3) is 10.0 Å². The molecule has 4 rings (SSSR count). The summed E-state index contributed by atoms with van der Waals surface area (Å²) < 4.78 is 36.5. The van der Waals surface area contributed by atoms with E-state index >= 15 is 0 Å². The fourth-order valence-corrected chi connectivity index (χ4v) is 6.74. The molecule has 0 saturated heterocycles. The number of nitrogens with zero attached hydrogens (tertiary/aromatic N) is 2. The van der Waals surface area contributed by atoms with E-state index in [1.807, 2.05) is 82.3 Å². The molecule has 1 N–H and O–H groups in total. The molecule has 0 bridgehead atoms. The number of hydrogen-bond donors (Lipinski definition) is 1. The summed E-state index contributed by atoms with van der Waals surface area (Å²) in [5, 5.41) is 3.01. The van der Waals surface area contributed by atoms with Crippen molar-refractivity contribution < 1.29 is 22.7 Å². The van der Waals surface area contributed by atoms with Gasteiger partial charge in [0.2, 0.25) is 11.8 Å². The van der Waals surface area contributed by atoms with Gasteiger partial charge in [-0.2, -0.15) is 0 Å². The zero-order chi connectivity index (χ0) is 34.0. The van der Waals surface area contributed by atoms with E-state index in [1.165, 1.54) is 17.0 Å². The van der Waals surface area contributed by atoms with Gasteiger partial charge in [-0.3, -0.25) is 13.9 Å². The fraction of sp³-hybridized carbons (Fsp3) is 0.297. The molecule has 0 aliphatic rings. The van der Waals surface area contributed by atoms with E-state index in [0.29, 0.717) is 18.9 Å². The first-order chi connectivity index (χ1) is 22.5. The molecule has 47 heavy (non-hydrogen) atoms. The maximum absolute atomic E-state index is 14.7. The van der Waals surface area contributed by atoms with Gasteiger partial charge in [0.05, 0.1) is 17.2 Å². The SMILES string of the molecule is CCOc1ccccc1N(CC(=O)N(Cc1ccc(Br)cc1)[C@@H](Cc1ccccc1)C(=O)NCC(C)C)S(=O)(=O)c1ccc(C)cc1. The van der Waals surface area contributed by atoms with Gasteiger partial charge in [0, 0.05) is 24.0 Å². The molecule has 0 heterocycles. The summed E-state index contributed by atoms with van der Waals surface area (Å²) in [6.07, 6.45) is 0.243. The topological polar surface area (TPSA) is 96.0 Å². The van der Waals surface area contributed by atoms with Crippen molar-refractivity contribution >= 4 is 43.5 Å². The van der Waals surface area contributed by atoms with Crippen molar-refractivity contribution in [2.24, 2.45) is 5.92 Å². The summed E-state index contributed by atoms with van der Waals surface area (Å²) in [7, 11) is -4.25. The van der Waals surface area contributed by atoms with Gasteiger partial charge in [-0.15, -0.1) is 0 Å². The molecule has 4 aromatic carbocycles.